The van der Waals surface area contributed by atoms with E-state index in [0.29, 0.717) is 34.2 Å². The number of rotatable bonds is 16. The van der Waals surface area contributed by atoms with Crippen molar-refractivity contribution < 1.29 is 23.6 Å². The molecule has 12 nitrogen and oxygen atoms in total. The molecule has 5 N–H and O–H groups in total. The molecule has 0 aliphatic heterocycles. The van der Waals surface area contributed by atoms with Crippen molar-refractivity contribution in [3.05, 3.63) is 99.4 Å². The van der Waals surface area contributed by atoms with Gasteiger partial charge in [-0.05, 0) is 74.4 Å². The molecule has 51 heavy (non-hydrogen) atoms. The number of nitrogens with one attached hydrogen (secondary N) is 5. The SMILES string of the molecule is CCNC(=O)[C@@H](NC(=O)[C@H](C)NC[C@H](Cc1ncc(C)o1)NC(=O)c1cc(C(=O)N[C@H](C)c2ccccc2)cc(-c2ccsc2C#N)c1)C(C)C. The van der Waals surface area contributed by atoms with E-state index in [1.54, 1.807) is 43.6 Å². The Balaban J connectivity index is 1.58. The lowest BCUT2D eigenvalue weighted by Gasteiger charge is -2.25. The first-order chi connectivity index (χ1) is 24.4. The van der Waals surface area contributed by atoms with Gasteiger partial charge in [0.05, 0.1) is 24.3 Å². The molecule has 4 amide bonds. The number of nitriles is 1. The number of aryl methyl sites for hydroxylation is 1. The number of thiophene rings is 1. The van der Waals surface area contributed by atoms with Gasteiger partial charge in [0.15, 0.2) is 5.89 Å². The Morgan fingerprint density at radius 2 is 1.61 bits per heavy atom. The standard InChI is InChI=1S/C38H45N7O5S/c1-7-40-38(49)34(22(2)3)45-35(46)25(6)41-21-30(18-33-42-20-23(4)50-33)44-37(48)29-16-27(31-13-14-51-32(31)19-39)15-28(17-29)36(47)43-24(5)26-11-9-8-10-12-26/h8-17,20,22,24-25,30,34,41H,7,18,21H2,1-6H3,(H,40,49)(H,43,47)(H,44,48)(H,45,46)/t24-,25+,30+,34+/m1/s1. The second-order valence-corrected chi connectivity index (χ2v) is 13.6. The van der Waals surface area contributed by atoms with Crippen molar-refractivity contribution in [1.82, 2.24) is 31.6 Å². The summed E-state index contributed by atoms with van der Waals surface area (Å²) in [7, 11) is 0. The maximum atomic E-state index is 14.0. The van der Waals surface area contributed by atoms with E-state index in [2.05, 4.69) is 37.6 Å². The van der Waals surface area contributed by atoms with Crippen LogP contribution in [0.1, 0.15) is 83.5 Å². The number of carbonyl (C=O) groups excluding carboxylic acids is 4. The molecule has 2 heterocycles. The van der Waals surface area contributed by atoms with E-state index in [0.717, 1.165) is 5.56 Å². The van der Waals surface area contributed by atoms with E-state index in [9.17, 15) is 24.4 Å². The predicted octanol–water partition coefficient (Wildman–Crippen LogP) is 4.67. The van der Waals surface area contributed by atoms with Gasteiger partial charge in [-0.3, -0.25) is 19.2 Å². The summed E-state index contributed by atoms with van der Waals surface area (Å²) in [6.07, 6.45) is 1.79. The molecule has 4 aromatic rings. The first kappa shape index (κ1) is 38.5. The maximum absolute atomic E-state index is 14.0. The first-order valence-electron chi connectivity index (χ1n) is 16.9. The quantitative estimate of drug-likeness (QED) is 0.111. The van der Waals surface area contributed by atoms with Crippen LogP contribution < -0.4 is 26.6 Å². The number of oxazole rings is 1. The number of likely N-dealkylation sites (N-methyl/N-ethyl adjacent to an activating group) is 1. The van der Waals surface area contributed by atoms with Crippen LogP contribution in [0.15, 0.2) is 70.6 Å². The highest BCUT2D eigenvalue weighted by Gasteiger charge is 2.27. The molecule has 0 aliphatic rings. The van der Waals surface area contributed by atoms with E-state index in [1.165, 1.54) is 17.4 Å². The zero-order valence-electron chi connectivity index (χ0n) is 29.7. The van der Waals surface area contributed by atoms with E-state index in [4.69, 9.17) is 4.42 Å². The van der Waals surface area contributed by atoms with Gasteiger partial charge in [-0.25, -0.2) is 4.98 Å². The number of nitrogens with zero attached hydrogens (tertiary/aromatic N) is 2. The van der Waals surface area contributed by atoms with Gasteiger partial charge in [0.1, 0.15) is 22.7 Å². The Hall–Kier alpha value is -5.32. The topological polar surface area (TPSA) is 178 Å². The summed E-state index contributed by atoms with van der Waals surface area (Å²) >= 11 is 1.27. The lowest BCUT2D eigenvalue weighted by atomic mass is 9.98. The van der Waals surface area contributed by atoms with Crippen LogP contribution in [-0.4, -0.2) is 59.8 Å². The molecule has 0 spiro atoms. The minimum Gasteiger partial charge on any atom is -0.446 e. The molecular formula is C38H45N7O5S. The first-order valence-corrected chi connectivity index (χ1v) is 17.8. The Morgan fingerprint density at radius 1 is 0.922 bits per heavy atom. The fourth-order valence-corrected chi connectivity index (χ4v) is 6.14. The zero-order valence-corrected chi connectivity index (χ0v) is 30.5. The second kappa shape index (κ2) is 18.1. The molecule has 4 atom stereocenters. The van der Waals surface area contributed by atoms with Crippen LogP contribution in [0.5, 0.6) is 0 Å². The normalized spacial score (nSPS) is 13.4. The Labute approximate surface area is 302 Å². The molecule has 0 unspecified atom stereocenters. The van der Waals surface area contributed by atoms with E-state index < -0.39 is 24.0 Å². The smallest absolute Gasteiger partial charge is 0.251 e. The summed E-state index contributed by atoms with van der Waals surface area (Å²) in [6, 6.07) is 16.1. The number of carbonyl (C=O) groups is 4. The molecule has 0 aliphatic carbocycles. The lowest BCUT2D eigenvalue weighted by Crippen LogP contribution is -2.55. The van der Waals surface area contributed by atoms with E-state index in [1.807, 2.05) is 58.0 Å². The number of benzene rings is 2. The van der Waals surface area contributed by atoms with Crippen molar-refractivity contribution in [3.63, 3.8) is 0 Å². The van der Waals surface area contributed by atoms with Crippen LogP contribution in [0.3, 0.4) is 0 Å². The van der Waals surface area contributed by atoms with Crippen molar-refractivity contribution >= 4 is 35.0 Å². The number of amides is 4. The Kier molecular flexibility index (Phi) is 13.6. The predicted molar refractivity (Wildman–Crippen MR) is 196 cm³/mol. The van der Waals surface area contributed by atoms with E-state index >= 15 is 0 Å². The summed E-state index contributed by atoms with van der Waals surface area (Å²) in [6.45, 7) is 11.5. The van der Waals surface area contributed by atoms with Gasteiger partial charge in [-0.15, -0.1) is 11.3 Å². The third-order valence-corrected chi connectivity index (χ3v) is 9.09. The number of aromatic nitrogens is 1. The highest BCUT2D eigenvalue weighted by Crippen LogP contribution is 2.30. The Morgan fingerprint density at radius 3 is 2.22 bits per heavy atom. The summed E-state index contributed by atoms with van der Waals surface area (Å²) in [5.74, 6) is -0.599. The summed E-state index contributed by atoms with van der Waals surface area (Å²) in [5, 5.41) is 26.3. The molecular weight excluding hydrogens is 667 g/mol. The average molecular weight is 712 g/mol. The molecule has 0 bridgehead atoms. The second-order valence-electron chi connectivity index (χ2n) is 12.7. The van der Waals surface area contributed by atoms with Crippen LogP contribution in [0.25, 0.3) is 11.1 Å². The fourth-order valence-electron chi connectivity index (χ4n) is 5.43. The average Bonchev–Trinajstić information content (AvgIpc) is 3.77. The van der Waals surface area contributed by atoms with Gasteiger partial charge in [-0.1, -0.05) is 44.2 Å². The van der Waals surface area contributed by atoms with Gasteiger partial charge in [0, 0.05) is 36.2 Å². The largest absolute Gasteiger partial charge is 0.446 e. The third-order valence-electron chi connectivity index (χ3n) is 8.27. The molecule has 2 aromatic heterocycles. The molecule has 13 heteroatoms. The maximum Gasteiger partial charge on any atom is 0.251 e. The summed E-state index contributed by atoms with van der Waals surface area (Å²) in [4.78, 5) is 58.0. The van der Waals surface area contributed by atoms with Crippen molar-refractivity contribution in [1.29, 1.82) is 5.26 Å². The monoisotopic (exact) mass is 711 g/mol. The number of hydrogen-bond donors (Lipinski definition) is 5. The van der Waals surface area contributed by atoms with Crippen molar-refractivity contribution in [2.24, 2.45) is 5.92 Å². The van der Waals surface area contributed by atoms with Crippen LogP contribution >= 0.6 is 11.3 Å². The molecule has 4 rings (SSSR count). The van der Waals surface area contributed by atoms with Gasteiger partial charge in [-0.2, -0.15) is 5.26 Å². The van der Waals surface area contributed by atoms with Crippen LogP contribution in [0, 0.1) is 24.2 Å². The van der Waals surface area contributed by atoms with Crippen molar-refractivity contribution in [2.75, 3.05) is 13.1 Å². The van der Waals surface area contributed by atoms with Gasteiger partial charge < -0.3 is 31.0 Å². The van der Waals surface area contributed by atoms with Gasteiger partial charge in [0.2, 0.25) is 11.8 Å². The van der Waals surface area contributed by atoms with Crippen LogP contribution in [0.2, 0.25) is 0 Å². The fraction of sp³-hybridized carbons (Fsp3) is 0.368. The van der Waals surface area contributed by atoms with Crippen molar-refractivity contribution in [2.45, 2.75) is 72.1 Å². The zero-order chi connectivity index (χ0) is 37.1. The lowest BCUT2D eigenvalue weighted by molar-refractivity contribution is -0.130. The van der Waals surface area contributed by atoms with Crippen LogP contribution in [-0.2, 0) is 16.0 Å². The minimum atomic E-state index is -0.709. The molecule has 0 radical (unpaired) electrons. The third kappa shape index (κ3) is 10.6. The van der Waals surface area contributed by atoms with Gasteiger partial charge >= 0.3 is 0 Å². The number of hydrogen-bond acceptors (Lipinski definition) is 9. The molecule has 0 saturated carbocycles. The van der Waals surface area contributed by atoms with E-state index in [-0.39, 0.29) is 53.8 Å². The highest BCUT2D eigenvalue weighted by molar-refractivity contribution is 7.11. The summed E-state index contributed by atoms with van der Waals surface area (Å²) in [5.41, 5.74) is 2.55. The van der Waals surface area contributed by atoms with Crippen molar-refractivity contribution in [3.8, 4) is 17.2 Å². The van der Waals surface area contributed by atoms with Crippen LogP contribution in [0.4, 0.5) is 0 Å². The Bertz CT molecular complexity index is 1860. The van der Waals surface area contributed by atoms with Gasteiger partial charge in [0.25, 0.3) is 11.8 Å². The molecule has 2 aromatic carbocycles. The summed E-state index contributed by atoms with van der Waals surface area (Å²) < 4.78 is 5.71. The molecule has 0 fully saturated rings. The molecule has 268 valence electrons. The minimum absolute atomic E-state index is 0.129. The molecule has 0 saturated heterocycles. The highest BCUT2D eigenvalue weighted by atomic mass is 32.1.